The molecule has 5 aromatic rings. The van der Waals surface area contributed by atoms with Gasteiger partial charge in [0.05, 0.1) is 0 Å². The fraction of sp³-hybridized carbons (Fsp3) is 0.444. The molecule has 0 atom stereocenters. The van der Waals surface area contributed by atoms with Crippen molar-refractivity contribution in [3.8, 4) is 0 Å². The molecule has 4 aliphatic rings. The minimum absolute atomic E-state index is 1.20. The lowest BCUT2D eigenvalue weighted by atomic mass is 9.83. The van der Waals surface area contributed by atoms with Gasteiger partial charge in [0.15, 0.2) is 0 Å². The van der Waals surface area contributed by atoms with Crippen LogP contribution in [0, 0.1) is 0 Å². The molecule has 9 rings (SSSR count). The van der Waals surface area contributed by atoms with Crippen LogP contribution in [0.25, 0.3) is 0 Å². The van der Waals surface area contributed by atoms with Gasteiger partial charge in [0.1, 0.15) is 0 Å². The maximum absolute atomic E-state index is 2.72. The van der Waals surface area contributed by atoms with Crippen LogP contribution in [0.2, 0.25) is 0 Å². The molecule has 4 aliphatic carbocycles. The molecule has 16 bridgehead atoms. The average molecular weight is 711 g/mol. The van der Waals surface area contributed by atoms with Crippen molar-refractivity contribution in [1.82, 2.24) is 0 Å². The van der Waals surface area contributed by atoms with E-state index in [-0.39, 0.29) is 0 Å². The summed E-state index contributed by atoms with van der Waals surface area (Å²) in [5.74, 6) is 0. The van der Waals surface area contributed by atoms with E-state index in [1.54, 1.807) is 66.8 Å². The summed E-state index contributed by atoms with van der Waals surface area (Å²) < 4.78 is 0. The first-order valence-electron chi connectivity index (χ1n) is 22.3. The quantitative estimate of drug-likeness (QED) is 0.150. The van der Waals surface area contributed by atoms with Gasteiger partial charge in [0, 0.05) is 0 Å². The van der Waals surface area contributed by atoms with E-state index < -0.39 is 0 Å². The Kier molecular flexibility index (Phi) is 11.2. The van der Waals surface area contributed by atoms with Gasteiger partial charge in [-0.1, -0.05) is 84.9 Å². The molecule has 0 aromatic heterocycles. The highest BCUT2D eigenvalue weighted by atomic mass is 14.2. The molecule has 0 N–H and O–H groups in total. The third-order valence-corrected chi connectivity index (χ3v) is 13.8. The third-order valence-electron chi connectivity index (χ3n) is 13.8. The normalized spacial score (nSPS) is 18.1. The van der Waals surface area contributed by atoms with E-state index in [1.165, 1.54) is 176 Å². The van der Waals surface area contributed by atoms with Crippen molar-refractivity contribution in [1.29, 1.82) is 0 Å². The summed E-state index contributed by atoms with van der Waals surface area (Å²) in [5.41, 5.74) is 26.0. The Labute approximate surface area is 326 Å². The van der Waals surface area contributed by atoms with Gasteiger partial charge in [-0.2, -0.15) is 0 Å². The molecule has 5 aromatic carbocycles. The Balaban J connectivity index is 0.962. The van der Waals surface area contributed by atoms with Crippen LogP contribution in [0.3, 0.4) is 0 Å². The van der Waals surface area contributed by atoms with Crippen molar-refractivity contribution in [3.63, 3.8) is 0 Å². The van der Waals surface area contributed by atoms with E-state index >= 15 is 0 Å². The first-order valence-corrected chi connectivity index (χ1v) is 22.3. The highest BCUT2D eigenvalue weighted by Gasteiger charge is 2.18. The number of fused-ring (bicyclic) bond motifs is 22. The van der Waals surface area contributed by atoms with Gasteiger partial charge in [0.25, 0.3) is 0 Å². The summed E-state index contributed by atoms with van der Waals surface area (Å²) in [4.78, 5) is 0. The zero-order chi connectivity index (χ0) is 36.1. The van der Waals surface area contributed by atoms with E-state index in [4.69, 9.17) is 0 Å². The predicted molar refractivity (Wildman–Crippen MR) is 228 cm³/mol. The van der Waals surface area contributed by atoms with E-state index in [9.17, 15) is 0 Å². The van der Waals surface area contributed by atoms with Crippen LogP contribution in [0.4, 0.5) is 0 Å². The van der Waals surface area contributed by atoms with Crippen molar-refractivity contribution in [2.75, 3.05) is 0 Å². The lowest BCUT2D eigenvalue weighted by Crippen LogP contribution is -2.10. The molecular weight excluding hydrogens is 649 g/mol. The minimum atomic E-state index is 1.20. The van der Waals surface area contributed by atoms with Crippen molar-refractivity contribution >= 4 is 0 Å². The molecular formula is C54H62. The molecule has 0 fully saturated rings. The highest BCUT2D eigenvalue weighted by Crippen LogP contribution is 2.32. The molecule has 0 heterocycles. The number of hydrogen-bond donors (Lipinski definition) is 0. The molecule has 0 radical (unpaired) electrons. The van der Waals surface area contributed by atoms with Gasteiger partial charge >= 0.3 is 0 Å². The maximum Gasteiger partial charge on any atom is -0.0273 e. The van der Waals surface area contributed by atoms with E-state index in [1.807, 2.05) is 0 Å². The molecule has 54 heavy (non-hydrogen) atoms. The van der Waals surface area contributed by atoms with Gasteiger partial charge in [-0.05, 0) is 243 Å². The fourth-order valence-corrected chi connectivity index (χ4v) is 10.9. The maximum atomic E-state index is 2.72. The van der Waals surface area contributed by atoms with Crippen LogP contribution >= 0.6 is 0 Å². The minimum Gasteiger partial charge on any atom is -0.0617 e. The van der Waals surface area contributed by atoms with Crippen molar-refractivity contribution in [2.24, 2.45) is 0 Å². The molecule has 0 saturated carbocycles. The van der Waals surface area contributed by atoms with Gasteiger partial charge in [0.2, 0.25) is 0 Å². The number of rotatable bonds is 0. The zero-order valence-electron chi connectivity index (χ0n) is 33.1. The first kappa shape index (κ1) is 35.8. The van der Waals surface area contributed by atoms with Gasteiger partial charge in [-0.25, -0.2) is 0 Å². The Morgan fingerprint density at radius 1 is 0.185 bits per heavy atom. The molecule has 0 nitrogen and oxygen atoms in total. The summed E-state index contributed by atoms with van der Waals surface area (Å²) in [7, 11) is 0. The van der Waals surface area contributed by atoms with Crippen LogP contribution in [-0.4, -0.2) is 0 Å². The third kappa shape index (κ3) is 8.49. The SMILES string of the molecule is c1cc2cc(c1)CCCc1cc(c3cc1CCCc1cc(c4cc1CCCc1cc(c5cc1CCCc1cccc(c1)CCC5)CCC4)CCC3)CCC2. The van der Waals surface area contributed by atoms with Crippen LogP contribution in [-0.2, 0) is 103 Å². The number of benzene rings is 5. The summed E-state index contributed by atoms with van der Waals surface area (Å²) in [6.07, 6.45) is 29.5. The zero-order valence-corrected chi connectivity index (χ0v) is 33.1. The molecule has 0 saturated heterocycles. The Hall–Kier alpha value is -3.90. The summed E-state index contributed by atoms with van der Waals surface area (Å²) in [6.45, 7) is 0. The molecule has 278 valence electrons. The lowest BCUT2D eigenvalue weighted by Gasteiger charge is -2.22. The average Bonchev–Trinajstić information content (AvgIpc) is 3.16. The molecule has 0 amide bonds. The summed E-state index contributed by atoms with van der Waals surface area (Å²) in [5, 5.41) is 0. The Bertz CT molecular complexity index is 1810. The monoisotopic (exact) mass is 710 g/mol. The van der Waals surface area contributed by atoms with Gasteiger partial charge < -0.3 is 0 Å². The first-order chi connectivity index (χ1) is 26.7. The predicted octanol–water partition coefficient (Wildman–Crippen LogP) is 12.3. The van der Waals surface area contributed by atoms with Gasteiger partial charge in [-0.15, -0.1) is 0 Å². The Morgan fingerprint density at radius 3 is 0.537 bits per heavy atom. The van der Waals surface area contributed by atoms with Gasteiger partial charge in [-0.3, -0.25) is 0 Å². The number of hydrogen-bond acceptors (Lipinski definition) is 0. The Morgan fingerprint density at radius 2 is 0.352 bits per heavy atom. The van der Waals surface area contributed by atoms with Crippen LogP contribution < -0.4 is 0 Å². The summed E-state index contributed by atoms with van der Waals surface area (Å²) >= 11 is 0. The lowest BCUT2D eigenvalue weighted by molar-refractivity contribution is 0.718. The largest absolute Gasteiger partial charge is 0.0617 e. The second-order valence-corrected chi connectivity index (χ2v) is 17.6. The van der Waals surface area contributed by atoms with Crippen molar-refractivity contribution < 1.29 is 0 Å². The molecule has 0 heteroatoms. The van der Waals surface area contributed by atoms with E-state index in [0.717, 1.165) is 0 Å². The van der Waals surface area contributed by atoms with Crippen LogP contribution in [0.5, 0.6) is 0 Å². The summed E-state index contributed by atoms with van der Waals surface area (Å²) in [6, 6.07) is 35.2. The topological polar surface area (TPSA) is 0 Å². The van der Waals surface area contributed by atoms with Crippen molar-refractivity contribution in [2.45, 2.75) is 154 Å². The second kappa shape index (κ2) is 16.9. The molecule has 0 unspecified atom stereocenters. The van der Waals surface area contributed by atoms with E-state index in [0.29, 0.717) is 0 Å². The van der Waals surface area contributed by atoms with E-state index in [2.05, 4.69) is 84.9 Å². The standard InChI is InChI=1S/C54H62/c1-11-39-15-3-19-43-33-44(20-4-16-40(12-1)31-39)48-24-8-28-52-37-51(27-7-23-47(43)35-48)53-29-9-25-49-36-50(26-10-30-54(52)38-53)46-22-6-18-42-14-2-13-41(32-42)17-5-21-45(49)34-46/h1-2,11-14,31-38H,3-10,15-30H2. The fourth-order valence-electron chi connectivity index (χ4n) is 10.9. The number of aryl methyl sites for hydroxylation is 16. The second-order valence-electron chi connectivity index (χ2n) is 17.6. The highest BCUT2D eigenvalue weighted by molar-refractivity contribution is 5.44. The smallest absolute Gasteiger partial charge is 0.0273 e. The molecule has 0 aliphatic heterocycles. The van der Waals surface area contributed by atoms with Crippen LogP contribution in [0.1, 0.15) is 140 Å². The van der Waals surface area contributed by atoms with Crippen molar-refractivity contribution in [3.05, 3.63) is 174 Å². The van der Waals surface area contributed by atoms with Crippen LogP contribution in [0.15, 0.2) is 84.9 Å². The molecule has 0 spiro atoms.